The Hall–Kier alpha value is -2.41. The van der Waals surface area contributed by atoms with Gasteiger partial charge in [-0.15, -0.1) is 0 Å². The number of nitrogens with zero attached hydrogens (tertiary/aromatic N) is 4. The fourth-order valence-electron chi connectivity index (χ4n) is 3.42. The summed E-state index contributed by atoms with van der Waals surface area (Å²) in [5, 5.41) is 3.13. The van der Waals surface area contributed by atoms with Crippen molar-refractivity contribution in [1.82, 2.24) is 14.8 Å². The number of hydrogen-bond donors (Lipinski definition) is 2. The molecule has 2 atom stereocenters. The van der Waals surface area contributed by atoms with Crippen LogP contribution in [0.5, 0.6) is 0 Å². The highest BCUT2D eigenvalue weighted by Gasteiger charge is 2.30. The fourth-order valence-corrected chi connectivity index (χ4v) is 3.42. The van der Waals surface area contributed by atoms with Gasteiger partial charge in [-0.2, -0.15) is 0 Å². The van der Waals surface area contributed by atoms with Crippen molar-refractivity contribution in [3.05, 3.63) is 30.5 Å². The Kier molecular flexibility index (Phi) is 5.33. The van der Waals surface area contributed by atoms with Gasteiger partial charge in [-0.25, -0.2) is 0 Å². The highest BCUT2D eigenvalue weighted by atomic mass is 16.2. The fraction of sp³-hybridized carbons (Fsp3) is 0.500. The lowest BCUT2D eigenvalue weighted by molar-refractivity contribution is -0.128. The molecule has 0 bridgehead atoms. The van der Waals surface area contributed by atoms with Crippen molar-refractivity contribution in [2.24, 2.45) is 15.9 Å². The van der Waals surface area contributed by atoms with E-state index >= 15 is 0 Å². The molecule has 1 aromatic rings. The first kappa shape index (κ1) is 17.4. The molecule has 0 saturated carbocycles. The number of amides is 1. The third kappa shape index (κ3) is 3.99. The molecule has 134 valence electrons. The molecule has 3 heterocycles. The lowest BCUT2D eigenvalue weighted by atomic mass is 9.93. The standard InChI is InChI=1S/C18H26N6O/c1-4-17(25)24-10-13(7-14(11-24)23(2)3)8-21-16-9-19-12-22-18-15(16)5-6-20-18/h4-6,12-14,20H,1,7-11H2,2-3H3,(H,19,22). The zero-order chi connectivity index (χ0) is 17.8. The highest BCUT2D eigenvalue weighted by molar-refractivity contribution is 6.08. The molecule has 2 unspecified atom stereocenters. The Morgan fingerprint density at radius 3 is 3.12 bits per heavy atom. The van der Waals surface area contributed by atoms with E-state index < -0.39 is 0 Å². The van der Waals surface area contributed by atoms with Crippen LogP contribution in [0.2, 0.25) is 0 Å². The first-order chi connectivity index (χ1) is 12.1. The molecule has 0 aliphatic carbocycles. The van der Waals surface area contributed by atoms with E-state index in [4.69, 9.17) is 4.99 Å². The predicted molar refractivity (Wildman–Crippen MR) is 102 cm³/mol. The summed E-state index contributed by atoms with van der Waals surface area (Å²) in [7, 11) is 4.13. The lowest BCUT2D eigenvalue weighted by Gasteiger charge is -2.39. The average Bonchev–Trinajstić information content (AvgIpc) is 3.00. The number of hydrogen-bond acceptors (Lipinski definition) is 5. The van der Waals surface area contributed by atoms with Gasteiger partial charge in [0.15, 0.2) is 0 Å². The molecule has 1 aromatic heterocycles. The van der Waals surface area contributed by atoms with E-state index in [-0.39, 0.29) is 5.91 Å². The molecule has 2 N–H and O–H groups in total. The Labute approximate surface area is 148 Å². The van der Waals surface area contributed by atoms with Crippen LogP contribution < -0.4 is 5.32 Å². The molecule has 1 fully saturated rings. The second-order valence-electron chi connectivity index (χ2n) is 6.83. The molecule has 1 saturated heterocycles. The van der Waals surface area contributed by atoms with E-state index in [0.717, 1.165) is 36.6 Å². The summed E-state index contributed by atoms with van der Waals surface area (Å²) in [6.07, 6.45) is 6.04. The van der Waals surface area contributed by atoms with E-state index in [9.17, 15) is 4.79 Å². The van der Waals surface area contributed by atoms with Crippen LogP contribution >= 0.6 is 0 Å². The number of likely N-dealkylation sites (N-methyl/N-ethyl adjacent to an activating group) is 1. The maximum Gasteiger partial charge on any atom is 0.246 e. The maximum absolute atomic E-state index is 12.1. The van der Waals surface area contributed by atoms with Crippen molar-refractivity contribution < 1.29 is 4.79 Å². The van der Waals surface area contributed by atoms with Gasteiger partial charge in [0.2, 0.25) is 5.91 Å². The molecule has 7 nitrogen and oxygen atoms in total. The smallest absolute Gasteiger partial charge is 0.246 e. The quantitative estimate of drug-likeness (QED) is 0.808. The van der Waals surface area contributed by atoms with Crippen LogP contribution in [-0.2, 0) is 4.79 Å². The monoisotopic (exact) mass is 342 g/mol. The molecule has 0 spiro atoms. The number of piperidine rings is 1. The lowest BCUT2D eigenvalue weighted by Crippen LogP contribution is -2.51. The molecule has 0 aromatic carbocycles. The van der Waals surface area contributed by atoms with Gasteiger partial charge in [0.1, 0.15) is 5.82 Å². The Balaban J connectivity index is 1.74. The van der Waals surface area contributed by atoms with Crippen LogP contribution in [0, 0.1) is 5.92 Å². The van der Waals surface area contributed by atoms with Crippen LogP contribution in [0.4, 0.5) is 5.82 Å². The summed E-state index contributed by atoms with van der Waals surface area (Å²) in [6, 6.07) is 2.37. The van der Waals surface area contributed by atoms with Gasteiger partial charge in [-0.3, -0.25) is 14.8 Å². The summed E-state index contributed by atoms with van der Waals surface area (Å²) < 4.78 is 0. The molecule has 2 aliphatic heterocycles. The van der Waals surface area contributed by atoms with Gasteiger partial charge in [-0.05, 0) is 38.6 Å². The minimum Gasteiger partial charge on any atom is -0.348 e. The van der Waals surface area contributed by atoms with Gasteiger partial charge in [0.25, 0.3) is 0 Å². The van der Waals surface area contributed by atoms with Crippen molar-refractivity contribution in [3.8, 4) is 0 Å². The SMILES string of the molecule is C=CC(=O)N1CC(CN=C2CN=CNc3[nH]ccc32)CC(N(C)C)C1. The summed E-state index contributed by atoms with van der Waals surface area (Å²) >= 11 is 0. The second kappa shape index (κ2) is 7.65. The van der Waals surface area contributed by atoms with E-state index in [0.29, 0.717) is 25.0 Å². The Morgan fingerprint density at radius 2 is 2.36 bits per heavy atom. The molecular formula is C18H26N6O. The van der Waals surface area contributed by atoms with Gasteiger partial charge in [-0.1, -0.05) is 6.58 Å². The van der Waals surface area contributed by atoms with Crippen LogP contribution in [-0.4, -0.2) is 79.1 Å². The number of aromatic amines is 1. The van der Waals surface area contributed by atoms with Crippen LogP contribution in [0.25, 0.3) is 0 Å². The minimum absolute atomic E-state index is 0.000361. The zero-order valence-electron chi connectivity index (χ0n) is 14.9. The van der Waals surface area contributed by atoms with Gasteiger partial charge >= 0.3 is 0 Å². The third-order valence-electron chi connectivity index (χ3n) is 4.87. The number of carbonyl (C=O) groups is 1. The van der Waals surface area contributed by atoms with Crippen molar-refractivity contribution in [3.63, 3.8) is 0 Å². The largest absolute Gasteiger partial charge is 0.348 e. The van der Waals surface area contributed by atoms with Gasteiger partial charge < -0.3 is 20.1 Å². The van der Waals surface area contributed by atoms with Crippen LogP contribution in [0.15, 0.2) is 34.9 Å². The number of anilines is 1. The molecule has 7 heteroatoms. The van der Waals surface area contributed by atoms with Crippen molar-refractivity contribution in [1.29, 1.82) is 0 Å². The number of H-pyrrole nitrogens is 1. The molecule has 0 radical (unpaired) electrons. The maximum atomic E-state index is 12.1. The first-order valence-electron chi connectivity index (χ1n) is 8.62. The number of aromatic nitrogens is 1. The number of likely N-dealkylation sites (tertiary alicyclic amines) is 1. The summed E-state index contributed by atoms with van der Waals surface area (Å²) in [4.78, 5) is 28.5. The molecule has 25 heavy (non-hydrogen) atoms. The molecule has 3 rings (SSSR count). The van der Waals surface area contributed by atoms with Gasteiger partial charge in [0.05, 0.1) is 18.6 Å². The normalized spacial score (nSPS) is 24.8. The van der Waals surface area contributed by atoms with Crippen LogP contribution in [0.3, 0.4) is 0 Å². The Bertz CT molecular complexity index is 689. The first-order valence-corrected chi connectivity index (χ1v) is 8.62. The second-order valence-corrected chi connectivity index (χ2v) is 6.83. The Morgan fingerprint density at radius 1 is 1.52 bits per heavy atom. The molecular weight excluding hydrogens is 316 g/mol. The van der Waals surface area contributed by atoms with E-state index in [2.05, 4.69) is 40.9 Å². The number of aliphatic imine (C=N–C) groups is 2. The number of rotatable bonds is 4. The van der Waals surface area contributed by atoms with Crippen molar-refractivity contribution >= 4 is 23.8 Å². The number of nitrogens with one attached hydrogen (secondary N) is 2. The predicted octanol–water partition coefficient (Wildman–Crippen LogP) is 1.22. The minimum atomic E-state index is 0.000361. The summed E-state index contributed by atoms with van der Waals surface area (Å²) in [6.45, 7) is 6.36. The highest BCUT2D eigenvalue weighted by Crippen LogP contribution is 2.22. The summed E-state index contributed by atoms with van der Waals surface area (Å²) in [5.74, 6) is 1.26. The van der Waals surface area contributed by atoms with Crippen LogP contribution in [0.1, 0.15) is 12.0 Å². The number of carbonyl (C=O) groups excluding carboxylic acids is 1. The number of fused-ring (bicyclic) bond motifs is 1. The van der Waals surface area contributed by atoms with Crippen molar-refractivity contribution in [2.45, 2.75) is 12.5 Å². The zero-order valence-corrected chi connectivity index (χ0v) is 14.9. The summed E-state index contributed by atoms with van der Waals surface area (Å²) in [5.41, 5.74) is 2.04. The van der Waals surface area contributed by atoms with E-state index in [1.165, 1.54) is 6.08 Å². The van der Waals surface area contributed by atoms with Gasteiger partial charge in [0, 0.05) is 37.4 Å². The van der Waals surface area contributed by atoms with E-state index in [1.807, 2.05) is 17.2 Å². The molecule has 2 aliphatic rings. The molecule has 1 amide bonds. The van der Waals surface area contributed by atoms with E-state index in [1.54, 1.807) is 6.34 Å². The third-order valence-corrected chi connectivity index (χ3v) is 4.87. The average molecular weight is 342 g/mol. The van der Waals surface area contributed by atoms with Crippen molar-refractivity contribution in [2.75, 3.05) is 45.6 Å². The topological polar surface area (TPSA) is 76.1 Å².